The van der Waals surface area contributed by atoms with Crippen LogP contribution < -0.4 is 0 Å². The van der Waals surface area contributed by atoms with Gasteiger partial charge < -0.3 is 9.47 Å². The largest absolute Gasteiger partial charge is 0.345 e. The van der Waals surface area contributed by atoms with Crippen molar-refractivity contribution in [2.45, 2.75) is 58.4 Å². The van der Waals surface area contributed by atoms with E-state index in [9.17, 15) is 9.59 Å². The number of rotatable bonds is 7. The van der Waals surface area contributed by atoms with Gasteiger partial charge in [0.05, 0.1) is 6.54 Å². The summed E-state index contributed by atoms with van der Waals surface area (Å²) in [5.41, 5.74) is 3.23. The van der Waals surface area contributed by atoms with E-state index < -0.39 is 0 Å². The van der Waals surface area contributed by atoms with Crippen molar-refractivity contribution in [3.05, 3.63) is 45.4 Å². The van der Waals surface area contributed by atoms with Crippen LogP contribution in [0, 0.1) is 13.8 Å². The quantitative estimate of drug-likeness (QED) is 0.621. The van der Waals surface area contributed by atoms with Gasteiger partial charge in [-0.25, -0.2) is 0 Å². The van der Waals surface area contributed by atoms with Crippen LogP contribution in [0.25, 0.3) is 0 Å². The fourth-order valence-corrected chi connectivity index (χ4v) is 5.78. The van der Waals surface area contributed by atoms with E-state index in [0.717, 1.165) is 43.9 Å². The normalized spacial score (nSPS) is 18.3. The molecule has 1 saturated heterocycles. The van der Waals surface area contributed by atoms with Crippen molar-refractivity contribution in [3.8, 4) is 0 Å². The molecule has 0 bridgehead atoms. The molecule has 2 aromatic heterocycles. The van der Waals surface area contributed by atoms with E-state index >= 15 is 0 Å². The first-order valence-corrected chi connectivity index (χ1v) is 12.1. The van der Waals surface area contributed by atoms with Crippen LogP contribution in [0.3, 0.4) is 0 Å². The van der Waals surface area contributed by atoms with Crippen LogP contribution in [0.5, 0.6) is 0 Å². The molecule has 0 N–H and O–H groups in total. The summed E-state index contributed by atoms with van der Waals surface area (Å²) in [6.07, 6.45) is 6.44. The average molecular weight is 428 g/mol. The van der Waals surface area contributed by atoms with Crippen LogP contribution >= 0.6 is 11.3 Å². The molecule has 0 aromatic carbocycles. The Bertz CT molecular complexity index is 873. The predicted octanol–water partition coefficient (Wildman–Crippen LogP) is 4.24. The summed E-state index contributed by atoms with van der Waals surface area (Å²) < 4.78 is 2.39. The summed E-state index contributed by atoms with van der Waals surface area (Å²) in [5, 5.41) is 2.06. The molecule has 5 nitrogen and oxygen atoms in total. The maximum atomic E-state index is 13.0. The van der Waals surface area contributed by atoms with E-state index in [1.807, 2.05) is 11.0 Å². The third-order valence-corrected chi connectivity index (χ3v) is 7.67. The number of Topliss-reactive ketones (excluding diaryl/α,β-unsaturated/α-hetero) is 1. The molecule has 30 heavy (non-hydrogen) atoms. The highest BCUT2D eigenvalue weighted by Crippen LogP contribution is 2.33. The van der Waals surface area contributed by atoms with Crippen molar-refractivity contribution < 1.29 is 9.59 Å². The topological polar surface area (TPSA) is 45.6 Å². The third kappa shape index (κ3) is 4.70. The standard InChI is InChI=1S/C24H33N3O2S/c1-18-16-22(19(2)27(18)20-6-3-4-7-20)23(28)17-25-11-13-26(14-12-25)24(29)10-9-21-8-5-15-30-21/h5,8,15-16,20H,3-4,6-7,9-14,17H2,1-2H3. The minimum Gasteiger partial charge on any atom is -0.345 e. The number of hydrogen-bond donors (Lipinski definition) is 0. The number of carbonyl (C=O) groups excluding carboxylic acids is 2. The molecule has 1 aliphatic carbocycles. The second kappa shape index (κ2) is 9.48. The molecule has 2 aromatic rings. The summed E-state index contributed by atoms with van der Waals surface area (Å²) in [5.74, 6) is 0.444. The molecule has 0 unspecified atom stereocenters. The zero-order valence-electron chi connectivity index (χ0n) is 18.2. The zero-order valence-corrected chi connectivity index (χ0v) is 19.0. The van der Waals surface area contributed by atoms with Gasteiger partial charge in [-0.15, -0.1) is 11.3 Å². The van der Waals surface area contributed by atoms with Crippen molar-refractivity contribution in [2.24, 2.45) is 0 Å². The van der Waals surface area contributed by atoms with Gasteiger partial charge in [0.15, 0.2) is 5.78 Å². The summed E-state index contributed by atoms with van der Waals surface area (Å²) in [4.78, 5) is 31.0. The predicted molar refractivity (Wildman–Crippen MR) is 121 cm³/mol. The number of aryl methyl sites for hydroxylation is 2. The lowest BCUT2D eigenvalue weighted by atomic mass is 10.1. The number of aromatic nitrogens is 1. The van der Waals surface area contributed by atoms with Gasteiger partial charge in [-0.3, -0.25) is 14.5 Å². The number of ketones is 1. The van der Waals surface area contributed by atoms with Gasteiger partial charge in [0.25, 0.3) is 0 Å². The first-order chi connectivity index (χ1) is 14.5. The van der Waals surface area contributed by atoms with E-state index in [1.54, 1.807) is 11.3 Å². The van der Waals surface area contributed by atoms with Gasteiger partial charge in [-0.1, -0.05) is 18.9 Å². The van der Waals surface area contributed by atoms with Crippen LogP contribution in [-0.2, 0) is 11.2 Å². The van der Waals surface area contributed by atoms with Crippen molar-refractivity contribution >= 4 is 23.0 Å². The molecule has 3 heterocycles. The van der Waals surface area contributed by atoms with Gasteiger partial charge in [-0.05, 0) is 50.6 Å². The number of carbonyl (C=O) groups is 2. The second-order valence-corrected chi connectivity index (χ2v) is 9.78. The lowest BCUT2D eigenvalue weighted by molar-refractivity contribution is -0.132. The smallest absolute Gasteiger partial charge is 0.223 e. The Morgan fingerprint density at radius 2 is 1.83 bits per heavy atom. The second-order valence-electron chi connectivity index (χ2n) is 8.75. The Morgan fingerprint density at radius 3 is 2.50 bits per heavy atom. The van der Waals surface area contributed by atoms with Crippen LogP contribution in [0.15, 0.2) is 23.6 Å². The first kappa shape index (κ1) is 21.3. The third-order valence-electron chi connectivity index (χ3n) is 6.73. The number of amides is 1. The zero-order chi connectivity index (χ0) is 21.1. The minimum absolute atomic E-state index is 0.213. The van der Waals surface area contributed by atoms with Crippen molar-refractivity contribution in [2.75, 3.05) is 32.7 Å². The Morgan fingerprint density at radius 1 is 1.10 bits per heavy atom. The average Bonchev–Trinajstić information content (AvgIpc) is 3.49. The summed E-state index contributed by atoms with van der Waals surface area (Å²) in [7, 11) is 0. The van der Waals surface area contributed by atoms with Gasteiger partial charge in [0, 0.05) is 60.5 Å². The van der Waals surface area contributed by atoms with E-state index in [4.69, 9.17) is 0 Å². The highest BCUT2D eigenvalue weighted by atomic mass is 32.1. The van der Waals surface area contributed by atoms with Crippen molar-refractivity contribution in [1.29, 1.82) is 0 Å². The van der Waals surface area contributed by atoms with Gasteiger partial charge in [0.2, 0.25) is 5.91 Å². The highest BCUT2D eigenvalue weighted by molar-refractivity contribution is 7.09. The van der Waals surface area contributed by atoms with Gasteiger partial charge >= 0.3 is 0 Å². The van der Waals surface area contributed by atoms with Crippen molar-refractivity contribution in [3.63, 3.8) is 0 Å². The van der Waals surface area contributed by atoms with E-state index in [1.165, 1.54) is 36.3 Å². The summed E-state index contributed by atoms with van der Waals surface area (Å²) in [6.45, 7) is 7.67. The molecule has 162 valence electrons. The molecule has 4 rings (SSSR count). The molecule has 1 aliphatic heterocycles. The molecule has 2 fully saturated rings. The lowest BCUT2D eigenvalue weighted by Crippen LogP contribution is -2.50. The SMILES string of the molecule is Cc1cc(C(=O)CN2CCN(C(=O)CCc3cccs3)CC2)c(C)n1C1CCCC1. The van der Waals surface area contributed by atoms with Gasteiger partial charge in [-0.2, -0.15) is 0 Å². The summed E-state index contributed by atoms with van der Waals surface area (Å²) >= 11 is 1.71. The number of nitrogens with zero attached hydrogens (tertiary/aromatic N) is 3. The number of hydrogen-bond acceptors (Lipinski definition) is 4. The maximum absolute atomic E-state index is 13.0. The molecular formula is C24H33N3O2S. The molecule has 1 amide bonds. The van der Waals surface area contributed by atoms with Crippen molar-refractivity contribution in [1.82, 2.24) is 14.4 Å². The minimum atomic E-state index is 0.213. The maximum Gasteiger partial charge on any atom is 0.223 e. The molecule has 1 saturated carbocycles. The van der Waals surface area contributed by atoms with E-state index in [-0.39, 0.29) is 11.7 Å². The number of thiophene rings is 1. The first-order valence-electron chi connectivity index (χ1n) is 11.3. The molecule has 0 spiro atoms. The molecule has 0 radical (unpaired) electrons. The van der Waals surface area contributed by atoms with Crippen LogP contribution in [0.1, 0.15) is 64.8 Å². The fraction of sp³-hybridized carbons (Fsp3) is 0.583. The van der Waals surface area contributed by atoms with Crippen LogP contribution in [0.2, 0.25) is 0 Å². The molecule has 6 heteroatoms. The molecule has 0 atom stereocenters. The molecular weight excluding hydrogens is 394 g/mol. The Kier molecular flexibility index (Phi) is 6.74. The fourth-order valence-electron chi connectivity index (χ4n) is 5.07. The molecule has 2 aliphatic rings. The lowest BCUT2D eigenvalue weighted by Gasteiger charge is -2.34. The Labute approximate surface area is 183 Å². The Balaban J connectivity index is 1.28. The summed E-state index contributed by atoms with van der Waals surface area (Å²) in [6, 6.07) is 6.77. The van der Waals surface area contributed by atoms with E-state index in [0.29, 0.717) is 19.0 Å². The van der Waals surface area contributed by atoms with Crippen LogP contribution in [0.4, 0.5) is 0 Å². The van der Waals surface area contributed by atoms with E-state index in [2.05, 4.69) is 40.8 Å². The monoisotopic (exact) mass is 427 g/mol. The number of piperazine rings is 1. The van der Waals surface area contributed by atoms with Crippen LogP contribution in [-0.4, -0.2) is 58.8 Å². The Hall–Kier alpha value is -1.92. The van der Waals surface area contributed by atoms with Gasteiger partial charge in [0.1, 0.15) is 0 Å². The highest BCUT2D eigenvalue weighted by Gasteiger charge is 2.26.